The number of amidine groups is 1. The van der Waals surface area contributed by atoms with Crippen LogP contribution in [0.5, 0.6) is 0 Å². The lowest BCUT2D eigenvalue weighted by atomic mass is 9.85. The first-order chi connectivity index (χ1) is 15.2. The minimum absolute atomic E-state index is 0.380. The summed E-state index contributed by atoms with van der Waals surface area (Å²) in [7, 11) is 0. The van der Waals surface area contributed by atoms with Crippen LogP contribution in [0.1, 0.15) is 41.4 Å². The molecule has 1 aromatic carbocycles. The van der Waals surface area contributed by atoms with E-state index < -0.39 is 76.1 Å². The molecular weight excluding hydrogens is 485 g/mol. The molecule has 1 amide bonds. The number of nitrogens with one attached hydrogen (secondary N) is 1. The number of aromatic nitrogens is 1. The van der Waals surface area contributed by atoms with Gasteiger partial charge in [0, 0.05) is 35.5 Å². The lowest BCUT2D eigenvalue weighted by molar-refractivity contribution is -0.208. The molecule has 2 heterocycles. The van der Waals surface area contributed by atoms with E-state index in [0.29, 0.717) is 12.3 Å². The van der Waals surface area contributed by atoms with Crippen molar-refractivity contribution in [1.82, 2.24) is 4.98 Å². The Labute approximate surface area is 186 Å². The zero-order valence-electron chi connectivity index (χ0n) is 16.5. The fourth-order valence-electron chi connectivity index (χ4n) is 3.20. The van der Waals surface area contributed by atoms with Crippen molar-refractivity contribution in [2.24, 2.45) is 10.7 Å². The van der Waals surface area contributed by atoms with E-state index in [1.54, 1.807) is 0 Å². The third kappa shape index (κ3) is 5.13. The van der Waals surface area contributed by atoms with Crippen molar-refractivity contribution in [3.63, 3.8) is 0 Å². The van der Waals surface area contributed by atoms with E-state index in [1.165, 1.54) is 0 Å². The number of anilines is 1. The zero-order valence-corrected chi connectivity index (χ0v) is 17.2. The van der Waals surface area contributed by atoms with Crippen LogP contribution < -0.4 is 11.1 Å². The summed E-state index contributed by atoms with van der Waals surface area (Å²) in [4.78, 5) is 19.7. The highest BCUT2D eigenvalue weighted by molar-refractivity contribution is 6.34. The van der Waals surface area contributed by atoms with Gasteiger partial charge in [-0.3, -0.25) is 4.79 Å². The van der Waals surface area contributed by atoms with Crippen molar-refractivity contribution in [2.75, 3.05) is 5.32 Å². The number of nitrogens with two attached hydrogens (primary N) is 1. The molecule has 6 nitrogen and oxygen atoms in total. The van der Waals surface area contributed by atoms with Crippen LogP contribution in [0.4, 0.5) is 36.4 Å². The minimum atomic E-state index is -4.87. The van der Waals surface area contributed by atoms with Crippen LogP contribution in [0.15, 0.2) is 29.4 Å². The number of carbonyl (C=O) groups is 1. The molecule has 178 valence electrons. The third-order valence-electron chi connectivity index (χ3n) is 4.76. The Kier molecular flexibility index (Phi) is 6.46. The quantitative estimate of drug-likeness (QED) is 0.575. The summed E-state index contributed by atoms with van der Waals surface area (Å²) in [6.07, 6.45) is -10.4. The number of hydrogen-bond acceptors (Lipinski definition) is 5. The number of ether oxygens (including phenoxy) is 1. The predicted molar refractivity (Wildman–Crippen MR) is 103 cm³/mol. The van der Waals surface area contributed by atoms with Gasteiger partial charge in [0.2, 0.25) is 0 Å². The van der Waals surface area contributed by atoms with Crippen LogP contribution in [0.25, 0.3) is 0 Å². The summed E-state index contributed by atoms with van der Waals surface area (Å²) in [6, 6.07) is 1.36. The molecule has 1 aliphatic rings. The third-order valence-corrected chi connectivity index (χ3v) is 5.05. The summed E-state index contributed by atoms with van der Waals surface area (Å²) < 4.78 is 98.3. The van der Waals surface area contributed by atoms with Gasteiger partial charge in [0.1, 0.15) is 5.69 Å². The van der Waals surface area contributed by atoms with E-state index in [9.17, 15) is 35.5 Å². The predicted octanol–water partition coefficient (Wildman–Crippen LogP) is 5.08. The lowest BCUT2D eigenvalue weighted by Gasteiger charge is -2.36. The van der Waals surface area contributed by atoms with Crippen LogP contribution in [-0.2, 0) is 10.3 Å². The average molecular weight is 499 g/mol. The Hall–Kier alpha value is -3.09. The van der Waals surface area contributed by atoms with Gasteiger partial charge in [-0.05, 0) is 19.1 Å². The second kappa shape index (κ2) is 8.69. The van der Waals surface area contributed by atoms with Gasteiger partial charge >= 0.3 is 6.18 Å². The Bertz CT molecular complexity index is 1130. The van der Waals surface area contributed by atoms with Crippen molar-refractivity contribution in [3.8, 4) is 0 Å². The maximum atomic E-state index is 14.6. The van der Waals surface area contributed by atoms with E-state index in [4.69, 9.17) is 17.3 Å². The maximum Gasteiger partial charge on any atom is 0.425 e. The summed E-state index contributed by atoms with van der Waals surface area (Å²) in [5, 5.41) is 1.72. The second-order valence-electron chi connectivity index (χ2n) is 7.25. The zero-order chi connectivity index (χ0) is 24.7. The second-order valence-corrected chi connectivity index (χ2v) is 7.66. The van der Waals surface area contributed by atoms with Gasteiger partial charge in [-0.15, -0.1) is 0 Å². The van der Waals surface area contributed by atoms with E-state index in [-0.39, 0.29) is 5.69 Å². The minimum Gasteiger partial charge on any atom is -0.452 e. The first-order valence-corrected chi connectivity index (χ1v) is 9.42. The molecule has 2 atom stereocenters. The van der Waals surface area contributed by atoms with Crippen LogP contribution in [0.2, 0.25) is 5.02 Å². The number of nitrogens with zero attached hydrogens (tertiary/aromatic N) is 2. The lowest BCUT2D eigenvalue weighted by Crippen LogP contribution is -2.46. The van der Waals surface area contributed by atoms with Gasteiger partial charge in [-0.1, -0.05) is 11.6 Å². The maximum absolute atomic E-state index is 14.6. The highest BCUT2D eigenvalue weighted by atomic mass is 35.5. The van der Waals surface area contributed by atoms with Crippen molar-refractivity contribution in [3.05, 3.63) is 57.9 Å². The molecule has 33 heavy (non-hydrogen) atoms. The van der Waals surface area contributed by atoms with E-state index in [0.717, 1.165) is 19.1 Å². The molecule has 1 aliphatic heterocycles. The highest BCUT2D eigenvalue weighted by Crippen LogP contribution is 2.42. The fraction of sp³-hybridized carbons (Fsp3) is 0.316. The SMILES string of the molecule is CC1(c2cc(NC(=O)c3ncc(C(F)F)cc3Cl)cc(F)c2F)CC(C(F)(F)F)OC(N)=N1. The molecule has 0 fully saturated rings. The number of benzene rings is 1. The molecule has 2 aromatic rings. The Morgan fingerprint density at radius 1 is 1.30 bits per heavy atom. The summed E-state index contributed by atoms with van der Waals surface area (Å²) in [5.74, 6) is -4.07. The molecule has 0 spiro atoms. The average Bonchev–Trinajstić information content (AvgIpc) is 2.68. The monoisotopic (exact) mass is 498 g/mol. The number of pyridine rings is 1. The molecule has 0 bridgehead atoms. The van der Waals surface area contributed by atoms with Crippen molar-refractivity contribution >= 4 is 29.2 Å². The molecule has 0 saturated carbocycles. The van der Waals surface area contributed by atoms with Gasteiger partial charge in [0.15, 0.2) is 17.7 Å². The van der Waals surface area contributed by atoms with Crippen molar-refractivity contribution in [1.29, 1.82) is 0 Å². The van der Waals surface area contributed by atoms with Gasteiger partial charge in [-0.25, -0.2) is 27.5 Å². The standard InChI is InChI=1S/C19H14ClF7N4O2/c1-18(5-12(19(25,26)27)33-17(28)31-18)9-3-8(4-11(21)13(9)22)30-16(32)14-10(20)2-7(6-29-14)15(23)24/h2-4,6,12,15H,5H2,1H3,(H2,28,31)(H,30,32). The number of carbonyl (C=O) groups excluding carboxylic acids is 1. The Morgan fingerprint density at radius 2 is 1.97 bits per heavy atom. The molecule has 0 saturated heterocycles. The summed E-state index contributed by atoms with van der Waals surface area (Å²) >= 11 is 5.80. The summed E-state index contributed by atoms with van der Waals surface area (Å²) in [6.45, 7) is 1.09. The number of rotatable bonds is 4. The topological polar surface area (TPSA) is 89.6 Å². The molecule has 14 heteroatoms. The van der Waals surface area contributed by atoms with E-state index in [1.807, 2.05) is 0 Å². The molecule has 0 radical (unpaired) electrons. The molecule has 1 aromatic heterocycles. The van der Waals surface area contributed by atoms with Crippen LogP contribution >= 0.6 is 11.6 Å². The Morgan fingerprint density at radius 3 is 2.55 bits per heavy atom. The highest BCUT2D eigenvalue weighted by Gasteiger charge is 2.50. The Balaban J connectivity index is 1.97. The van der Waals surface area contributed by atoms with Gasteiger partial charge in [0.25, 0.3) is 18.4 Å². The fourth-order valence-corrected chi connectivity index (χ4v) is 3.46. The molecule has 3 rings (SSSR count). The van der Waals surface area contributed by atoms with Crippen LogP contribution in [0, 0.1) is 11.6 Å². The van der Waals surface area contributed by atoms with Gasteiger partial charge in [0.05, 0.1) is 10.6 Å². The first-order valence-electron chi connectivity index (χ1n) is 9.04. The normalized spacial score (nSPS) is 20.9. The van der Waals surface area contributed by atoms with E-state index in [2.05, 4.69) is 20.0 Å². The molecule has 3 N–H and O–H groups in total. The smallest absolute Gasteiger partial charge is 0.425 e. The molecular formula is C19H14ClF7N4O2. The molecule has 0 aliphatic carbocycles. The van der Waals surface area contributed by atoms with Crippen molar-refractivity contribution in [2.45, 2.75) is 37.6 Å². The van der Waals surface area contributed by atoms with Gasteiger partial charge < -0.3 is 15.8 Å². The molecule has 2 unspecified atom stereocenters. The number of amides is 1. The van der Waals surface area contributed by atoms with E-state index >= 15 is 0 Å². The van der Waals surface area contributed by atoms with Crippen LogP contribution in [-0.4, -0.2) is 29.2 Å². The van der Waals surface area contributed by atoms with Gasteiger partial charge in [-0.2, -0.15) is 13.2 Å². The largest absolute Gasteiger partial charge is 0.452 e. The van der Waals surface area contributed by atoms with Crippen LogP contribution in [0.3, 0.4) is 0 Å². The number of hydrogen-bond donors (Lipinski definition) is 2. The number of aliphatic imine (C=N–C) groups is 1. The number of halogens is 8. The number of alkyl halides is 5. The van der Waals surface area contributed by atoms with Crippen molar-refractivity contribution < 1.29 is 40.3 Å². The summed E-state index contributed by atoms with van der Waals surface area (Å²) in [5.41, 5.74) is 1.28. The first kappa shape index (κ1) is 24.6.